The van der Waals surface area contributed by atoms with E-state index in [2.05, 4.69) is 9.97 Å². The van der Waals surface area contributed by atoms with Crippen molar-refractivity contribution in [3.8, 4) is 11.4 Å². The number of pyridine rings is 2. The van der Waals surface area contributed by atoms with Gasteiger partial charge in [-0.25, -0.2) is 4.84 Å². The number of aryl methyl sites for hydroxylation is 2. The summed E-state index contributed by atoms with van der Waals surface area (Å²) in [5, 5.41) is 10.6. The van der Waals surface area contributed by atoms with E-state index in [0.29, 0.717) is 24.3 Å². The molecule has 136 valence electrons. The Morgan fingerprint density at radius 3 is 2.46 bits per heavy atom. The first-order valence-electron chi connectivity index (χ1n) is 8.61. The Bertz CT molecular complexity index is 793. The maximum absolute atomic E-state index is 11.5. The Labute approximate surface area is 151 Å². The fourth-order valence-corrected chi connectivity index (χ4v) is 2.77. The molecule has 1 aliphatic heterocycles. The van der Waals surface area contributed by atoms with Crippen LogP contribution in [0.1, 0.15) is 36.8 Å². The third-order valence-electron chi connectivity index (χ3n) is 4.15. The smallest absolute Gasteiger partial charge is 0.254 e. The van der Waals surface area contributed by atoms with Crippen molar-refractivity contribution in [3.05, 3.63) is 47.8 Å². The van der Waals surface area contributed by atoms with E-state index in [0.717, 1.165) is 22.5 Å². The Balaban J connectivity index is 1.53. The molecule has 1 fully saturated rings. The largest absolute Gasteiger partial charge is 0.366 e. The van der Waals surface area contributed by atoms with Gasteiger partial charge in [0, 0.05) is 31.7 Å². The molecule has 3 heterocycles. The molecule has 1 unspecified atom stereocenters. The number of hydrogen-bond acceptors (Lipinski definition) is 6. The number of nitrogens with zero attached hydrogens (tertiary/aromatic N) is 3. The van der Waals surface area contributed by atoms with Crippen LogP contribution in [0.5, 0.6) is 0 Å². The van der Waals surface area contributed by atoms with Gasteiger partial charge in [-0.2, -0.15) is 5.06 Å². The van der Waals surface area contributed by atoms with Crippen molar-refractivity contribution in [1.82, 2.24) is 15.0 Å². The molecule has 7 heteroatoms. The zero-order chi connectivity index (χ0) is 18.5. The van der Waals surface area contributed by atoms with Gasteiger partial charge in [0.25, 0.3) is 11.8 Å². The van der Waals surface area contributed by atoms with Crippen LogP contribution in [0.4, 0.5) is 0 Å². The van der Waals surface area contributed by atoms with Crippen LogP contribution in [-0.4, -0.2) is 38.2 Å². The average Bonchev–Trinajstić information content (AvgIpc) is 2.94. The van der Waals surface area contributed by atoms with E-state index in [9.17, 15) is 14.7 Å². The number of aliphatic hydroxyl groups excluding tert-OH is 1. The Kier molecular flexibility index (Phi) is 5.70. The first-order valence-corrected chi connectivity index (χ1v) is 8.61. The highest BCUT2D eigenvalue weighted by Gasteiger charge is 2.31. The van der Waals surface area contributed by atoms with Crippen molar-refractivity contribution in [3.63, 3.8) is 0 Å². The van der Waals surface area contributed by atoms with E-state index >= 15 is 0 Å². The molecular weight excluding hydrogens is 334 g/mol. The Morgan fingerprint density at radius 1 is 1.12 bits per heavy atom. The van der Waals surface area contributed by atoms with Gasteiger partial charge in [0.1, 0.15) is 0 Å². The number of imide groups is 1. The highest BCUT2D eigenvalue weighted by Crippen LogP contribution is 2.19. The van der Waals surface area contributed by atoms with Crippen LogP contribution in [0.15, 0.2) is 36.7 Å². The monoisotopic (exact) mass is 355 g/mol. The van der Waals surface area contributed by atoms with Gasteiger partial charge in [-0.1, -0.05) is 0 Å². The molecule has 1 atom stereocenters. The molecule has 1 aliphatic rings. The normalized spacial score (nSPS) is 15.5. The van der Waals surface area contributed by atoms with Gasteiger partial charge in [-0.15, -0.1) is 0 Å². The third kappa shape index (κ3) is 4.50. The number of rotatable bonds is 7. The predicted octanol–water partition coefficient (Wildman–Crippen LogP) is 2.17. The molecule has 0 spiro atoms. The lowest BCUT2D eigenvalue weighted by molar-refractivity contribution is -0.245. The number of amides is 2. The van der Waals surface area contributed by atoms with Gasteiger partial charge >= 0.3 is 0 Å². The molecule has 2 aromatic heterocycles. The molecule has 0 bridgehead atoms. The quantitative estimate of drug-likeness (QED) is 0.604. The van der Waals surface area contributed by atoms with Gasteiger partial charge < -0.3 is 5.11 Å². The van der Waals surface area contributed by atoms with Crippen LogP contribution in [0.3, 0.4) is 0 Å². The van der Waals surface area contributed by atoms with Crippen molar-refractivity contribution in [2.45, 2.75) is 45.3 Å². The van der Waals surface area contributed by atoms with Crippen LogP contribution < -0.4 is 0 Å². The van der Waals surface area contributed by atoms with Crippen LogP contribution in [0.2, 0.25) is 0 Å². The van der Waals surface area contributed by atoms with Crippen molar-refractivity contribution in [1.29, 1.82) is 0 Å². The minimum absolute atomic E-state index is 0.137. The summed E-state index contributed by atoms with van der Waals surface area (Å²) < 4.78 is 0. The van der Waals surface area contributed by atoms with Gasteiger partial charge in [-0.3, -0.25) is 19.6 Å². The number of carbonyl (C=O) groups is 2. The molecule has 1 N–H and O–H groups in total. The van der Waals surface area contributed by atoms with Gasteiger partial charge in [0.2, 0.25) is 0 Å². The Hall–Kier alpha value is -2.64. The van der Waals surface area contributed by atoms with Crippen LogP contribution >= 0.6 is 0 Å². The molecular formula is C19H21N3O4. The maximum atomic E-state index is 11.5. The van der Waals surface area contributed by atoms with E-state index in [1.807, 2.05) is 31.2 Å². The van der Waals surface area contributed by atoms with Gasteiger partial charge in [0.15, 0.2) is 6.29 Å². The third-order valence-corrected chi connectivity index (χ3v) is 4.15. The summed E-state index contributed by atoms with van der Waals surface area (Å²) >= 11 is 0. The Morgan fingerprint density at radius 2 is 1.77 bits per heavy atom. The zero-order valence-electron chi connectivity index (χ0n) is 14.6. The maximum Gasteiger partial charge on any atom is 0.254 e. The summed E-state index contributed by atoms with van der Waals surface area (Å²) in [6.45, 7) is 2.01. The predicted molar refractivity (Wildman–Crippen MR) is 93.3 cm³/mol. The highest BCUT2D eigenvalue weighted by atomic mass is 16.8. The van der Waals surface area contributed by atoms with Crippen LogP contribution in [0, 0.1) is 6.92 Å². The first-order chi connectivity index (χ1) is 12.5. The summed E-state index contributed by atoms with van der Waals surface area (Å²) in [5.41, 5.74) is 3.81. The molecule has 7 nitrogen and oxygen atoms in total. The lowest BCUT2D eigenvalue weighted by Crippen LogP contribution is -2.34. The van der Waals surface area contributed by atoms with E-state index in [4.69, 9.17) is 4.84 Å². The van der Waals surface area contributed by atoms with Crippen LogP contribution in [-0.2, 0) is 20.8 Å². The number of aliphatic hydroxyl groups is 1. The lowest BCUT2D eigenvalue weighted by atomic mass is 10.1. The molecule has 2 aromatic rings. The van der Waals surface area contributed by atoms with Crippen molar-refractivity contribution < 1.29 is 19.5 Å². The molecule has 3 rings (SSSR count). The van der Waals surface area contributed by atoms with Crippen LogP contribution in [0.25, 0.3) is 11.4 Å². The first kappa shape index (κ1) is 18.2. The second-order valence-electron chi connectivity index (χ2n) is 6.30. The van der Waals surface area contributed by atoms with E-state index in [1.54, 1.807) is 12.4 Å². The molecule has 26 heavy (non-hydrogen) atoms. The van der Waals surface area contributed by atoms with Gasteiger partial charge in [0.05, 0.1) is 11.4 Å². The SMILES string of the molecule is Cc1ccnc(-c2cc(CCCC(O)ON3C(=O)CCC3=O)ccn2)c1. The highest BCUT2D eigenvalue weighted by molar-refractivity contribution is 6.00. The number of hydrogen-bond donors (Lipinski definition) is 1. The molecule has 0 aliphatic carbocycles. The summed E-state index contributed by atoms with van der Waals surface area (Å²) in [5.74, 6) is -0.808. The molecule has 0 aromatic carbocycles. The van der Waals surface area contributed by atoms with E-state index in [1.165, 1.54) is 0 Å². The zero-order valence-corrected chi connectivity index (χ0v) is 14.6. The fraction of sp³-hybridized carbons (Fsp3) is 0.368. The second-order valence-corrected chi connectivity index (χ2v) is 6.30. The number of aromatic nitrogens is 2. The van der Waals surface area contributed by atoms with Gasteiger partial charge in [-0.05, 0) is 55.2 Å². The molecule has 0 saturated carbocycles. The molecule has 1 saturated heterocycles. The summed E-state index contributed by atoms with van der Waals surface area (Å²) in [7, 11) is 0. The number of hydroxylamine groups is 2. The fourth-order valence-electron chi connectivity index (χ4n) is 2.77. The second kappa shape index (κ2) is 8.16. The standard InChI is InChI=1S/C19H21N3O4/c1-13-7-9-20-15(11-13)16-12-14(8-10-21-16)3-2-4-19(25)26-22-17(23)5-6-18(22)24/h7-12,19,25H,2-6H2,1H3. The van der Waals surface area contributed by atoms with Crippen molar-refractivity contribution in [2.75, 3.05) is 0 Å². The molecule has 0 radical (unpaired) electrons. The summed E-state index contributed by atoms with van der Waals surface area (Å²) in [4.78, 5) is 36.7. The topological polar surface area (TPSA) is 92.6 Å². The minimum Gasteiger partial charge on any atom is -0.366 e. The summed E-state index contributed by atoms with van der Waals surface area (Å²) in [6.07, 6.45) is 4.26. The lowest BCUT2D eigenvalue weighted by Gasteiger charge is -2.18. The summed E-state index contributed by atoms with van der Waals surface area (Å²) in [6, 6.07) is 7.81. The van der Waals surface area contributed by atoms with E-state index < -0.39 is 18.1 Å². The number of carbonyl (C=O) groups excluding carboxylic acids is 2. The average molecular weight is 355 g/mol. The molecule has 2 amide bonds. The minimum atomic E-state index is -1.18. The van der Waals surface area contributed by atoms with E-state index in [-0.39, 0.29) is 12.8 Å². The van der Waals surface area contributed by atoms with Crippen molar-refractivity contribution in [2.24, 2.45) is 0 Å². The van der Waals surface area contributed by atoms with Crippen molar-refractivity contribution >= 4 is 11.8 Å².